The molecule has 0 heterocycles. The molecule has 0 bridgehead atoms. The Bertz CT molecular complexity index is 851. The molecule has 0 atom stereocenters. The van der Waals surface area contributed by atoms with Crippen LogP contribution in [-0.2, 0) is 11.2 Å². The zero-order chi connectivity index (χ0) is 18.9. The maximum Gasteiger partial charge on any atom is 0.267 e. The summed E-state index contributed by atoms with van der Waals surface area (Å²) in [4.78, 5) is 12.3. The van der Waals surface area contributed by atoms with Crippen LogP contribution in [0.1, 0.15) is 16.7 Å². The van der Waals surface area contributed by atoms with E-state index in [4.69, 9.17) is 4.74 Å². The number of nitrogens with one attached hydrogen (secondary N) is 2. The predicted molar refractivity (Wildman–Crippen MR) is 103 cm³/mol. The van der Waals surface area contributed by atoms with E-state index in [9.17, 15) is 10.1 Å². The molecular weight excluding hydrogens is 326 g/mol. The Kier molecular flexibility index (Phi) is 6.81. The van der Waals surface area contributed by atoms with Crippen molar-refractivity contribution in [3.8, 4) is 11.8 Å². The SMILES string of the molecule is COc1ccccc1CCN/C=C(/C#N)C(=O)Nc1ccc(C)cc1C. The minimum absolute atomic E-state index is 0.0324. The number of aryl methyl sites for hydroxylation is 2. The van der Waals surface area contributed by atoms with Gasteiger partial charge in [-0.15, -0.1) is 0 Å². The number of benzene rings is 2. The molecule has 1 amide bonds. The average Bonchev–Trinajstić information content (AvgIpc) is 2.64. The molecule has 0 unspecified atom stereocenters. The first kappa shape index (κ1) is 19.1. The Morgan fingerprint density at radius 3 is 2.69 bits per heavy atom. The number of methoxy groups -OCH3 is 1. The zero-order valence-electron chi connectivity index (χ0n) is 15.3. The lowest BCUT2D eigenvalue weighted by molar-refractivity contribution is -0.112. The Morgan fingerprint density at radius 1 is 1.23 bits per heavy atom. The lowest BCUT2D eigenvalue weighted by atomic mass is 10.1. The summed E-state index contributed by atoms with van der Waals surface area (Å²) in [5, 5.41) is 15.0. The largest absolute Gasteiger partial charge is 0.496 e. The van der Waals surface area contributed by atoms with Gasteiger partial charge in [0, 0.05) is 18.4 Å². The highest BCUT2D eigenvalue weighted by Crippen LogP contribution is 2.18. The third kappa shape index (κ3) is 5.12. The van der Waals surface area contributed by atoms with Crippen LogP contribution in [-0.4, -0.2) is 19.6 Å². The fourth-order valence-corrected chi connectivity index (χ4v) is 2.58. The van der Waals surface area contributed by atoms with E-state index in [1.165, 1.54) is 6.20 Å². The first-order valence-corrected chi connectivity index (χ1v) is 8.39. The number of anilines is 1. The lowest BCUT2D eigenvalue weighted by Gasteiger charge is -2.09. The molecule has 0 aliphatic rings. The number of carbonyl (C=O) groups excluding carboxylic acids is 1. The molecule has 0 spiro atoms. The summed E-state index contributed by atoms with van der Waals surface area (Å²) in [6.45, 7) is 4.50. The van der Waals surface area contributed by atoms with Crippen molar-refractivity contribution in [1.29, 1.82) is 5.26 Å². The minimum Gasteiger partial charge on any atom is -0.496 e. The van der Waals surface area contributed by atoms with Crippen LogP contribution in [0.5, 0.6) is 5.75 Å². The molecule has 2 rings (SSSR count). The van der Waals surface area contributed by atoms with Crippen LogP contribution in [0, 0.1) is 25.2 Å². The molecule has 2 N–H and O–H groups in total. The highest BCUT2D eigenvalue weighted by Gasteiger charge is 2.10. The summed E-state index contributed by atoms with van der Waals surface area (Å²) < 4.78 is 5.31. The van der Waals surface area contributed by atoms with Crippen molar-refractivity contribution in [2.45, 2.75) is 20.3 Å². The third-order valence-corrected chi connectivity index (χ3v) is 3.97. The van der Waals surface area contributed by atoms with Crippen molar-refractivity contribution in [1.82, 2.24) is 5.32 Å². The zero-order valence-corrected chi connectivity index (χ0v) is 15.3. The molecule has 0 aromatic heterocycles. The minimum atomic E-state index is -0.427. The fourth-order valence-electron chi connectivity index (χ4n) is 2.58. The van der Waals surface area contributed by atoms with Crippen molar-refractivity contribution in [3.05, 3.63) is 70.9 Å². The third-order valence-electron chi connectivity index (χ3n) is 3.97. The maximum absolute atomic E-state index is 12.3. The molecule has 2 aromatic rings. The van der Waals surface area contributed by atoms with Crippen LogP contribution in [0.3, 0.4) is 0 Å². The summed E-state index contributed by atoms with van der Waals surface area (Å²) in [5.74, 6) is 0.399. The predicted octanol–water partition coefficient (Wildman–Crippen LogP) is 3.49. The number of amides is 1. The van der Waals surface area contributed by atoms with E-state index in [1.807, 2.05) is 62.4 Å². The van der Waals surface area contributed by atoms with Crippen LogP contribution >= 0.6 is 0 Å². The molecule has 0 saturated heterocycles. The number of rotatable bonds is 7. The summed E-state index contributed by atoms with van der Waals surface area (Å²) in [6, 6.07) is 15.4. The first-order valence-electron chi connectivity index (χ1n) is 8.39. The van der Waals surface area contributed by atoms with Gasteiger partial charge in [0.2, 0.25) is 0 Å². The molecule has 0 radical (unpaired) electrons. The van der Waals surface area contributed by atoms with E-state index in [2.05, 4.69) is 10.6 Å². The van der Waals surface area contributed by atoms with Crippen LogP contribution in [0.4, 0.5) is 5.69 Å². The van der Waals surface area contributed by atoms with Gasteiger partial charge in [-0.3, -0.25) is 4.79 Å². The summed E-state index contributed by atoms with van der Waals surface area (Å²) >= 11 is 0. The van der Waals surface area contributed by atoms with E-state index < -0.39 is 5.91 Å². The van der Waals surface area contributed by atoms with Gasteiger partial charge >= 0.3 is 0 Å². The van der Waals surface area contributed by atoms with Crippen LogP contribution in [0.25, 0.3) is 0 Å². The molecule has 0 saturated carbocycles. The molecule has 5 nitrogen and oxygen atoms in total. The molecule has 0 aliphatic heterocycles. The maximum atomic E-state index is 12.3. The normalized spacial score (nSPS) is 10.8. The topological polar surface area (TPSA) is 74.1 Å². The number of carbonyl (C=O) groups is 1. The number of nitriles is 1. The van der Waals surface area contributed by atoms with Gasteiger partial charge in [0.05, 0.1) is 7.11 Å². The molecule has 0 aliphatic carbocycles. The van der Waals surface area contributed by atoms with Gasteiger partial charge in [0.15, 0.2) is 0 Å². The second-order valence-corrected chi connectivity index (χ2v) is 5.96. The summed E-state index contributed by atoms with van der Waals surface area (Å²) in [5.41, 5.74) is 3.88. The quantitative estimate of drug-likeness (QED) is 0.456. The van der Waals surface area contributed by atoms with Crippen molar-refractivity contribution >= 4 is 11.6 Å². The van der Waals surface area contributed by atoms with Gasteiger partial charge in [-0.1, -0.05) is 35.9 Å². The Balaban J connectivity index is 1.94. The molecular formula is C21H23N3O2. The highest BCUT2D eigenvalue weighted by molar-refractivity contribution is 6.06. The standard InChI is InChI=1S/C21H23N3O2/c1-15-8-9-19(16(2)12-15)24-21(25)18(13-22)14-23-11-10-17-6-4-5-7-20(17)26-3/h4-9,12,14,23H,10-11H2,1-3H3,(H,24,25)/b18-14-. The van der Waals surface area contributed by atoms with Gasteiger partial charge < -0.3 is 15.4 Å². The summed E-state index contributed by atoms with van der Waals surface area (Å²) in [6.07, 6.45) is 2.17. The van der Waals surface area contributed by atoms with Crippen molar-refractivity contribution < 1.29 is 9.53 Å². The Morgan fingerprint density at radius 2 is 2.00 bits per heavy atom. The summed E-state index contributed by atoms with van der Waals surface area (Å²) in [7, 11) is 1.64. The van der Waals surface area contributed by atoms with Gasteiger partial charge in [0.25, 0.3) is 5.91 Å². The van der Waals surface area contributed by atoms with E-state index >= 15 is 0 Å². The number of nitrogens with zero attached hydrogens (tertiary/aromatic N) is 1. The highest BCUT2D eigenvalue weighted by atomic mass is 16.5. The first-order chi connectivity index (χ1) is 12.5. The Labute approximate surface area is 154 Å². The molecule has 2 aromatic carbocycles. The van der Waals surface area contributed by atoms with E-state index in [0.29, 0.717) is 12.2 Å². The number of ether oxygens (including phenoxy) is 1. The van der Waals surface area contributed by atoms with Crippen LogP contribution in [0.2, 0.25) is 0 Å². The molecule has 134 valence electrons. The van der Waals surface area contributed by atoms with E-state index in [1.54, 1.807) is 7.11 Å². The molecule has 0 fully saturated rings. The number of hydrogen-bond donors (Lipinski definition) is 2. The van der Waals surface area contributed by atoms with Gasteiger partial charge in [-0.05, 0) is 43.5 Å². The van der Waals surface area contributed by atoms with Crippen LogP contribution < -0.4 is 15.4 Å². The second kappa shape index (κ2) is 9.28. The van der Waals surface area contributed by atoms with Gasteiger partial charge in [0.1, 0.15) is 17.4 Å². The second-order valence-electron chi connectivity index (χ2n) is 5.96. The Hall–Kier alpha value is -3.26. The fraction of sp³-hybridized carbons (Fsp3) is 0.238. The molecule has 26 heavy (non-hydrogen) atoms. The average molecular weight is 349 g/mol. The van der Waals surface area contributed by atoms with Gasteiger partial charge in [-0.25, -0.2) is 0 Å². The lowest BCUT2D eigenvalue weighted by Crippen LogP contribution is -2.18. The number of para-hydroxylation sites is 1. The van der Waals surface area contributed by atoms with Crippen LogP contribution in [0.15, 0.2) is 54.2 Å². The van der Waals surface area contributed by atoms with E-state index in [-0.39, 0.29) is 5.57 Å². The monoisotopic (exact) mass is 349 g/mol. The molecule has 5 heteroatoms. The van der Waals surface area contributed by atoms with Crippen molar-refractivity contribution in [3.63, 3.8) is 0 Å². The van der Waals surface area contributed by atoms with Crippen molar-refractivity contribution in [2.24, 2.45) is 0 Å². The smallest absolute Gasteiger partial charge is 0.267 e. The van der Waals surface area contributed by atoms with Gasteiger partial charge in [-0.2, -0.15) is 5.26 Å². The number of hydrogen-bond acceptors (Lipinski definition) is 4. The van der Waals surface area contributed by atoms with Crippen molar-refractivity contribution in [2.75, 3.05) is 19.0 Å². The van der Waals surface area contributed by atoms with E-state index in [0.717, 1.165) is 28.9 Å².